The van der Waals surface area contributed by atoms with Gasteiger partial charge in [-0.2, -0.15) is 4.31 Å². The van der Waals surface area contributed by atoms with Crippen LogP contribution in [0.1, 0.15) is 24.8 Å². The van der Waals surface area contributed by atoms with Crippen molar-refractivity contribution in [3.63, 3.8) is 0 Å². The van der Waals surface area contributed by atoms with Crippen LogP contribution in [0.3, 0.4) is 0 Å². The number of nitrogens with zero attached hydrogens (tertiary/aromatic N) is 1. The van der Waals surface area contributed by atoms with Gasteiger partial charge in [-0.25, -0.2) is 12.8 Å². The lowest BCUT2D eigenvalue weighted by Gasteiger charge is -2.36. The van der Waals surface area contributed by atoms with Crippen molar-refractivity contribution in [1.29, 1.82) is 0 Å². The van der Waals surface area contributed by atoms with E-state index in [4.69, 9.17) is 4.74 Å². The Morgan fingerprint density at radius 2 is 2.09 bits per heavy atom. The zero-order valence-corrected chi connectivity index (χ0v) is 13.9. The van der Waals surface area contributed by atoms with Crippen molar-refractivity contribution in [3.05, 3.63) is 29.6 Å². The molecule has 2 aliphatic rings. The Morgan fingerprint density at radius 1 is 1.30 bits per heavy atom. The molecule has 0 bridgehead atoms. The molecule has 1 N–H and O–H groups in total. The fourth-order valence-corrected chi connectivity index (χ4v) is 5.45. The third-order valence-corrected chi connectivity index (χ3v) is 6.63. The van der Waals surface area contributed by atoms with Gasteiger partial charge >= 0.3 is 0 Å². The summed E-state index contributed by atoms with van der Waals surface area (Å²) in [4.78, 5) is -0.0203. The highest BCUT2D eigenvalue weighted by molar-refractivity contribution is 7.89. The Morgan fingerprint density at radius 3 is 2.78 bits per heavy atom. The zero-order valence-electron chi connectivity index (χ0n) is 13.1. The summed E-state index contributed by atoms with van der Waals surface area (Å²) in [5.74, 6) is -0.781. The summed E-state index contributed by atoms with van der Waals surface area (Å²) >= 11 is 0. The number of aliphatic hydroxyl groups is 1. The minimum absolute atomic E-state index is 0.0203. The summed E-state index contributed by atoms with van der Waals surface area (Å²) in [7, 11) is -3.78. The fourth-order valence-electron chi connectivity index (χ4n) is 3.60. The van der Waals surface area contributed by atoms with Crippen LogP contribution in [0.15, 0.2) is 23.1 Å². The van der Waals surface area contributed by atoms with Crippen LogP contribution in [-0.2, 0) is 14.8 Å². The molecular weight excluding hydrogens is 321 g/mol. The topological polar surface area (TPSA) is 66.8 Å². The first kappa shape index (κ1) is 16.8. The average Bonchev–Trinajstić information content (AvgIpc) is 2.96. The smallest absolute Gasteiger partial charge is 0.243 e. The van der Waals surface area contributed by atoms with Gasteiger partial charge in [-0.15, -0.1) is 0 Å². The van der Waals surface area contributed by atoms with E-state index in [1.54, 1.807) is 6.92 Å². The highest BCUT2D eigenvalue weighted by Gasteiger charge is 2.43. The molecule has 7 heteroatoms. The quantitative estimate of drug-likeness (QED) is 0.907. The molecule has 5 nitrogen and oxygen atoms in total. The molecule has 2 heterocycles. The molecule has 0 spiro atoms. The van der Waals surface area contributed by atoms with Crippen LogP contribution >= 0.6 is 0 Å². The van der Waals surface area contributed by atoms with Crippen molar-refractivity contribution in [1.82, 2.24) is 4.31 Å². The molecule has 1 aromatic rings. The first-order chi connectivity index (χ1) is 10.9. The van der Waals surface area contributed by atoms with E-state index in [-0.39, 0.29) is 16.9 Å². The van der Waals surface area contributed by atoms with Crippen LogP contribution in [0.5, 0.6) is 0 Å². The monoisotopic (exact) mass is 343 g/mol. The maximum absolute atomic E-state index is 13.6. The fraction of sp³-hybridized carbons (Fsp3) is 0.625. The molecule has 2 fully saturated rings. The van der Waals surface area contributed by atoms with Crippen LogP contribution in [0.2, 0.25) is 0 Å². The SMILES string of the molecule is Cc1cc(F)cc(S(=O)(=O)N2CCC[C@@H]2[C@H]2COCC[C@H]2O)c1. The Hall–Kier alpha value is -1.02. The second-order valence-corrected chi connectivity index (χ2v) is 8.27. The van der Waals surface area contributed by atoms with Crippen molar-refractivity contribution < 1.29 is 22.7 Å². The molecule has 0 aromatic heterocycles. The number of rotatable bonds is 3. The second kappa shape index (κ2) is 6.47. The Bertz CT molecular complexity index is 658. The van der Waals surface area contributed by atoms with E-state index in [0.29, 0.717) is 38.2 Å². The standard InChI is InChI=1S/C16H22FNO4S/c1-11-7-12(17)9-13(8-11)23(20,21)18-5-2-3-15(18)14-10-22-6-4-16(14)19/h7-9,14-16,19H,2-6,10H2,1H3/t14-,15-,16-/m1/s1. The molecule has 0 unspecified atom stereocenters. The molecule has 1 aromatic carbocycles. The van der Waals surface area contributed by atoms with Crippen LogP contribution in [0.4, 0.5) is 4.39 Å². The molecule has 2 saturated heterocycles. The average molecular weight is 343 g/mol. The number of aliphatic hydroxyl groups excluding tert-OH is 1. The van der Waals surface area contributed by atoms with E-state index in [2.05, 4.69) is 0 Å². The molecule has 128 valence electrons. The van der Waals surface area contributed by atoms with Crippen molar-refractivity contribution in [3.8, 4) is 0 Å². The van der Waals surface area contributed by atoms with Gasteiger partial charge in [0.15, 0.2) is 0 Å². The molecule has 0 aliphatic carbocycles. The minimum Gasteiger partial charge on any atom is -0.393 e. The lowest BCUT2D eigenvalue weighted by molar-refractivity contribution is -0.0543. The number of ether oxygens (including phenoxy) is 1. The van der Waals surface area contributed by atoms with E-state index < -0.39 is 21.9 Å². The molecule has 0 saturated carbocycles. The van der Waals surface area contributed by atoms with Crippen LogP contribution in [-0.4, -0.2) is 49.7 Å². The normalized spacial score (nSPS) is 29.8. The Labute approximate surface area is 136 Å². The number of sulfonamides is 1. The van der Waals surface area contributed by atoms with Crippen molar-refractivity contribution in [2.24, 2.45) is 5.92 Å². The highest BCUT2D eigenvalue weighted by Crippen LogP contribution is 2.34. The molecule has 3 rings (SSSR count). The molecule has 23 heavy (non-hydrogen) atoms. The van der Waals surface area contributed by atoms with E-state index >= 15 is 0 Å². The Kier molecular flexibility index (Phi) is 4.73. The molecule has 0 radical (unpaired) electrons. The zero-order chi connectivity index (χ0) is 16.6. The first-order valence-electron chi connectivity index (χ1n) is 7.94. The largest absolute Gasteiger partial charge is 0.393 e. The van der Waals surface area contributed by atoms with Crippen molar-refractivity contribution >= 4 is 10.0 Å². The summed E-state index contributed by atoms with van der Waals surface area (Å²) in [6.45, 7) is 2.92. The van der Waals surface area contributed by atoms with Gasteiger partial charge in [-0.3, -0.25) is 0 Å². The van der Waals surface area contributed by atoms with Crippen LogP contribution < -0.4 is 0 Å². The summed E-state index contributed by atoms with van der Waals surface area (Å²) in [5, 5.41) is 10.2. The Balaban J connectivity index is 1.91. The molecule has 2 aliphatic heterocycles. The lowest BCUT2D eigenvalue weighted by atomic mass is 9.90. The van der Waals surface area contributed by atoms with E-state index in [0.717, 1.165) is 12.5 Å². The van der Waals surface area contributed by atoms with Gasteiger partial charge in [0.05, 0.1) is 17.6 Å². The highest BCUT2D eigenvalue weighted by atomic mass is 32.2. The third kappa shape index (κ3) is 3.28. The summed E-state index contributed by atoms with van der Waals surface area (Å²) < 4.78 is 46.3. The molecule has 0 amide bonds. The van der Waals surface area contributed by atoms with Gasteiger partial charge in [-0.1, -0.05) is 0 Å². The number of hydrogen-bond acceptors (Lipinski definition) is 4. The van der Waals surface area contributed by atoms with Crippen LogP contribution in [0, 0.1) is 18.7 Å². The van der Waals surface area contributed by atoms with Gasteiger partial charge in [-0.05, 0) is 49.9 Å². The lowest BCUT2D eigenvalue weighted by Crippen LogP contribution is -2.48. The summed E-state index contributed by atoms with van der Waals surface area (Å²) in [5.41, 5.74) is 0.570. The number of aryl methyl sites for hydroxylation is 1. The van der Waals surface area contributed by atoms with Crippen molar-refractivity contribution in [2.45, 2.75) is 43.2 Å². The summed E-state index contributed by atoms with van der Waals surface area (Å²) in [6, 6.07) is 3.56. The van der Waals surface area contributed by atoms with Crippen LogP contribution in [0.25, 0.3) is 0 Å². The first-order valence-corrected chi connectivity index (χ1v) is 9.38. The number of benzene rings is 1. The maximum atomic E-state index is 13.6. The van der Waals surface area contributed by atoms with E-state index in [1.165, 1.54) is 16.4 Å². The summed E-state index contributed by atoms with van der Waals surface area (Å²) in [6.07, 6.45) is 1.40. The minimum atomic E-state index is -3.78. The van der Waals surface area contributed by atoms with Gasteiger partial charge in [0.25, 0.3) is 0 Å². The van der Waals surface area contributed by atoms with Gasteiger partial charge < -0.3 is 9.84 Å². The van der Waals surface area contributed by atoms with Crippen molar-refractivity contribution in [2.75, 3.05) is 19.8 Å². The molecule has 3 atom stereocenters. The maximum Gasteiger partial charge on any atom is 0.243 e. The third-order valence-electron chi connectivity index (χ3n) is 4.73. The van der Waals surface area contributed by atoms with Gasteiger partial charge in [0, 0.05) is 25.1 Å². The molecular formula is C16H22FNO4S. The van der Waals surface area contributed by atoms with E-state index in [9.17, 15) is 17.9 Å². The number of halogens is 1. The van der Waals surface area contributed by atoms with E-state index in [1.807, 2.05) is 0 Å². The van der Waals surface area contributed by atoms with Gasteiger partial charge in [0.2, 0.25) is 10.0 Å². The second-order valence-electron chi connectivity index (χ2n) is 6.38. The van der Waals surface area contributed by atoms with Gasteiger partial charge in [0.1, 0.15) is 5.82 Å². The number of hydrogen-bond donors (Lipinski definition) is 1. The predicted molar refractivity (Wildman–Crippen MR) is 83.0 cm³/mol. The predicted octanol–water partition coefficient (Wildman–Crippen LogP) is 1.68.